The molecule has 0 radical (unpaired) electrons. The molecule has 0 unspecified atom stereocenters. The number of nitro groups is 1. The van der Waals surface area contributed by atoms with Crippen molar-refractivity contribution < 1.29 is 4.92 Å². The average Bonchev–Trinajstić information content (AvgIpc) is 2.32. The zero-order chi connectivity index (χ0) is 8.43. The molecule has 0 aliphatic carbocycles. The Labute approximate surface area is 64.0 Å². The van der Waals surface area contributed by atoms with Crippen molar-refractivity contribution in [3.05, 3.63) is 10.1 Å². The molecule has 0 fully saturated rings. The molecule has 0 saturated heterocycles. The smallest absolute Gasteiger partial charge is 0.263 e. The van der Waals surface area contributed by atoms with E-state index in [0.29, 0.717) is 5.71 Å². The summed E-state index contributed by atoms with van der Waals surface area (Å²) in [6.45, 7) is 3.73. The first-order valence-electron chi connectivity index (χ1n) is 3.37. The molecule has 0 aromatic carbocycles. The number of hydrogen-bond donors (Lipinski definition) is 0. The minimum atomic E-state index is -0.796. The quantitative estimate of drug-likeness (QED) is 0.435. The van der Waals surface area contributed by atoms with Gasteiger partial charge in [-0.15, -0.1) is 0 Å². The normalized spacial score (nSPS) is 22.5. The SMILES string of the molecule is CC(C)C1=NN=C[C@H]1[N+](=O)[O-]. The standard InChI is InChI=1S/C6H9N3O2/c1-4(2)6-5(9(10)11)3-7-8-6/h3-5H,1-2H3/t5-/m1/s1. The van der Waals surface area contributed by atoms with Crippen molar-refractivity contribution in [3.63, 3.8) is 0 Å². The van der Waals surface area contributed by atoms with Crippen LogP contribution >= 0.6 is 0 Å². The maximum Gasteiger partial charge on any atom is 0.289 e. The van der Waals surface area contributed by atoms with Crippen molar-refractivity contribution in [2.45, 2.75) is 19.9 Å². The Bertz CT molecular complexity index is 232. The molecule has 1 aliphatic heterocycles. The molecule has 11 heavy (non-hydrogen) atoms. The van der Waals surface area contributed by atoms with Gasteiger partial charge in [-0.1, -0.05) is 13.8 Å². The summed E-state index contributed by atoms with van der Waals surface area (Å²) >= 11 is 0. The lowest BCUT2D eigenvalue weighted by molar-refractivity contribution is -0.483. The summed E-state index contributed by atoms with van der Waals surface area (Å²) in [4.78, 5) is 9.97. The third-order valence-corrected chi connectivity index (χ3v) is 1.50. The van der Waals surface area contributed by atoms with Crippen molar-refractivity contribution in [1.82, 2.24) is 0 Å². The van der Waals surface area contributed by atoms with Gasteiger partial charge in [0.1, 0.15) is 11.9 Å². The van der Waals surface area contributed by atoms with Gasteiger partial charge in [0, 0.05) is 10.8 Å². The van der Waals surface area contributed by atoms with Crippen LogP contribution in [0.3, 0.4) is 0 Å². The van der Waals surface area contributed by atoms with E-state index in [4.69, 9.17) is 0 Å². The average molecular weight is 155 g/mol. The Morgan fingerprint density at radius 1 is 1.73 bits per heavy atom. The van der Waals surface area contributed by atoms with Crippen LogP contribution in [0.15, 0.2) is 10.2 Å². The molecule has 1 rings (SSSR count). The molecule has 0 spiro atoms. The van der Waals surface area contributed by atoms with Gasteiger partial charge in [0.2, 0.25) is 0 Å². The maximum absolute atomic E-state index is 10.3. The Balaban J connectivity index is 2.77. The van der Waals surface area contributed by atoms with Gasteiger partial charge in [-0.25, -0.2) is 0 Å². The van der Waals surface area contributed by atoms with Gasteiger partial charge < -0.3 is 0 Å². The molecule has 0 N–H and O–H groups in total. The third-order valence-electron chi connectivity index (χ3n) is 1.50. The van der Waals surface area contributed by atoms with E-state index in [1.807, 2.05) is 13.8 Å². The zero-order valence-corrected chi connectivity index (χ0v) is 6.39. The van der Waals surface area contributed by atoms with Crippen LogP contribution in [0.5, 0.6) is 0 Å². The summed E-state index contributed by atoms with van der Waals surface area (Å²) in [5, 5.41) is 17.5. The largest absolute Gasteiger partial charge is 0.289 e. The fourth-order valence-corrected chi connectivity index (χ4v) is 0.918. The predicted octanol–water partition coefficient (Wildman–Crippen LogP) is 0.728. The lowest BCUT2D eigenvalue weighted by Crippen LogP contribution is -2.31. The van der Waals surface area contributed by atoms with Crippen molar-refractivity contribution in [2.24, 2.45) is 16.1 Å². The molecule has 60 valence electrons. The van der Waals surface area contributed by atoms with Gasteiger partial charge in [-0.2, -0.15) is 10.2 Å². The molecule has 1 aliphatic rings. The topological polar surface area (TPSA) is 67.9 Å². The molecule has 5 nitrogen and oxygen atoms in total. The molecule has 5 heteroatoms. The summed E-state index contributed by atoms with van der Waals surface area (Å²) in [5.41, 5.74) is 0.537. The van der Waals surface area contributed by atoms with Gasteiger partial charge in [0.15, 0.2) is 0 Å². The predicted molar refractivity (Wildman–Crippen MR) is 41.5 cm³/mol. The Kier molecular flexibility index (Phi) is 1.98. The van der Waals surface area contributed by atoms with Crippen LogP contribution in [0.25, 0.3) is 0 Å². The summed E-state index contributed by atoms with van der Waals surface area (Å²) < 4.78 is 0. The van der Waals surface area contributed by atoms with Crippen LogP contribution in [-0.4, -0.2) is 22.9 Å². The van der Waals surface area contributed by atoms with Gasteiger partial charge in [-0.3, -0.25) is 10.1 Å². The molecule has 0 saturated carbocycles. The lowest BCUT2D eigenvalue weighted by atomic mass is 10.0. The van der Waals surface area contributed by atoms with Gasteiger partial charge in [-0.05, 0) is 0 Å². The van der Waals surface area contributed by atoms with Crippen molar-refractivity contribution in [2.75, 3.05) is 0 Å². The van der Waals surface area contributed by atoms with Gasteiger partial charge in [0.25, 0.3) is 6.04 Å². The molecular formula is C6H9N3O2. The first-order valence-corrected chi connectivity index (χ1v) is 3.37. The van der Waals surface area contributed by atoms with Crippen molar-refractivity contribution in [1.29, 1.82) is 0 Å². The molecule has 1 heterocycles. The monoisotopic (exact) mass is 155 g/mol. The summed E-state index contributed by atoms with van der Waals surface area (Å²) in [6.07, 6.45) is 1.26. The molecule has 0 aromatic heterocycles. The fraction of sp³-hybridized carbons (Fsp3) is 0.667. The highest BCUT2D eigenvalue weighted by Gasteiger charge is 2.30. The maximum atomic E-state index is 10.3. The first-order chi connectivity index (χ1) is 5.13. The first kappa shape index (κ1) is 7.84. The minimum absolute atomic E-state index is 0.0906. The Morgan fingerprint density at radius 2 is 2.36 bits per heavy atom. The van der Waals surface area contributed by atoms with E-state index in [1.54, 1.807) is 0 Å². The van der Waals surface area contributed by atoms with Crippen molar-refractivity contribution in [3.8, 4) is 0 Å². The van der Waals surface area contributed by atoms with E-state index in [-0.39, 0.29) is 10.8 Å². The van der Waals surface area contributed by atoms with E-state index >= 15 is 0 Å². The number of nitrogens with zero attached hydrogens (tertiary/aromatic N) is 3. The lowest BCUT2D eigenvalue weighted by Gasteiger charge is -2.04. The second kappa shape index (κ2) is 2.77. The molecule has 1 atom stereocenters. The van der Waals surface area contributed by atoms with Crippen LogP contribution in [0.1, 0.15) is 13.8 Å². The second-order valence-corrected chi connectivity index (χ2v) is 2.67. The Hall–Kier alpha value is -1.26. The highest BCUT2D eigenvalue weighted by molar-refractivity contribution is 6.04. The van der Waals surface area contributed by atoms with E-state index in [1.165, 1.54) is 6.21 Å². The van der Waals surface area contributed by atoms with E-state index in [9.17, 15) is 10.1 Å². The van der Waals surface area contributed by atoms with Crippen LogP contribution in [0.2, 0.25) is 0 Å². The third kappa shape index (κ3) is 1.42. The van der Waals surface area contributed by atoms with Crippen molar-refractivity contribution >= 4 is 11.9 Å². The summed E-state index contributed by atoms with van der Waals surface area (Å²) in [7, 11) is 0. The van der Waals surface area contributed by atoms with Gasteiger partial charge in [0.05, 0.1) is 0 Å². The fourth-order valence-electron chi connectivity index (χ4n) is 0.918. The van der Waals surface area contributed by atoms with Gasteiger partial charge >= 0.3 is 0 Å². The van der Waals surface area contributed by atoms with Crippen LogP contribution < -0.4 is 0 Å². The minimum Gasteiger partial charge on any atom is -0.263 e. The number of rotatable bonds is 2. The zero-order valence-electron chi connectivity index (χ0n) is 6.39. The molecular weight excluding hydrogens is 146 g/mol. The van der Waals surface area contributed by atoms with Crippen LogP contribution in [0, 0.1) is 16.0 Å². The van der Waals surface area contributed by atoms with E-state index in [2.05, 4.69) is 10.2 Å². The van der Waals surface area contributed by atoms with E-state index in [0.717, 1.165) is 0 Å². The molecule has 0 bridgehead atoms. The molecule has 0 aromatic rings. The highest BCUT2D eigenvalue weighted by atomic mass is 16.6. The van der Waals surface area contributed by atoms with Crippen LogP contribution in [0.4, 0.5) is 0 Å². The van der Waals surface area contributed by atoms with Crippen LogP contribution in [-0.2, 0) is 0 Å². The van der Waals surface area contributed by atoms with E-state index < -0.39 is 6.04 Å². The summed E-state index contributed by atoms with van der Waals surface area (Å²) in [6, 6.07) is -0.796. The summed E-state index contributed by atoms with van der Waals surface area (Å²) in [5.74, 6) is 0.0906. The number of hydrogen-bond acceptors (Lipinski definition) is 4. The Morgan fingerprint density at radius 3 is 2.73 bits per heavy atom. The highest BCUT2D eigenvalue weighted by Crippen LogP contribution is 2.08. The molecule has 0 amide bonds. The second-order valence-electron chi connectivity index (χ2n) is 2.67.